The summed E-state index contributed by atoms with van der Waals surface area (Å²) < 4.78 is 18.7. The molecule has 10 heavy (non-hydrogen) atoms. The predicted molar refractivity (Wildman–Crippen MR) is 36.8 cm³/mol. The Balaban J connectivity index is 0. The zero-order valence-corrected chi connectivity index (χ0v) is 11.1. The second kappa shape index (κ2) is 7.10. The molecule has 0 atom stereocenters. The summed E-state index contributed by atoms with van der Waals surface area (Å²) in [6.45, 7) is 0. The maximum Gasteiger partial charge on any atom is 2.00 e. The van der Waals surface area contributed by atoms with Crippen LogP contribution in [0.4, 0.5) is 0 Å². The molecule has 8 heteroatoms. The van der Waals surface area contributed by atoms with Crippen molar-refractivity contribution in [3.8, 4) is 0 Å². The fourth-order valence-corrected chi connectivity index (χ4v) is 1.98. The van der Waals surface area contributed by atoms with Crippen LogP contribution in [0.5, 0.6) is 0 Å². The van der Waals surface area contributed by atoms with Crippen LogP contribution in [0, 0.1) is 0 Å². The Kier molecular flexibility index (Phi) is 9.93. The van der Waals surface area contributed by atoms with E-state index in [4.69, 9.17) is 0 Å². The Morgan fingerprint density at radius 2 is 1.60 bits per heavy atom. The molecule has 0 aromatic rings. The van der Waals surface area contributed by atoms with E-state index in [0.29, 0.717) is 0 Å². The fourth-order valence-electron chi connectivity index (χ4n) is 0.195. The first-order valence-electron chi connectivity index (χ1n) is 1.88. The molecule has 4 nitrogen and oxygen atoms in total. The van der Waals surface area contributed by atoms with Gasteiger partial charge in [-0.25, -0.2) is 7.94 Å². The van der Waals surface area contributed by atoms with E-state index in [1.165, 1.54) is 12.5 Å². The van der Waals surface area contributed by atoms with Crippen LogP contribution in [0.3, 0.4) is 0 Å². The summed E-state index contributed by atoms with van der Waals surface area (Å²) >= 11 is 1.47. The molecule has 0 rings (SSSR count). The largest absolute Gasteiger partial charge is 2.00 e. The molecule has 0 saturated heterocycles. The van der Waals surface area contributed by atoms with Crippen LogP contribution in [0.1, 0.15) is 0 Å². The Bertz CT molecular complexity index is 112. The van der Waals surface area contributed by atoms with E-state index in [1.807, 2.05) is 0 Å². The summed E-state index contributed by atoms with van der Waals surface area (Å²) in [6.07, 6.45) is 2.99. The maximum absolute atomic E-state index is 10.4. The first-order chi connectivity index (χ1) is 4.12. The molecule has 0 aromatic heterocycles. The molecule has 0 aliphatic heterocycles. The van der Waals surface area contributed by atoms with Gasteiger partial charge in [0.05, 0.1) is 0 Å². The summed E-state index contributed by atoms with van der Waals surface area (Å²) in [4.78, 5) is 10.4. The molecule has 56 valence electrons. The van der Waals surface area contributed by atoms with Crippen molar-refractivity contribution in [1.82, 2.24) is 0 Å². The van der Waals surface area contributed by atoms with Crippen molar-refractivity contribution in [1.29, 1.82) is 0 Å². The first-order valence-corrected chi connectivity index (χ1v) is 5.64. The molecule has 0 N–H and O–H groups in total. The normalized spacial score (nSPS) is 10.7. The summed E-state index contributed by atoms with van der Waals surface area (Å²) in [5, 5.41) is 0. The molecule has 0 fully saturated rings. The van der Waals surface area contributed by atoms with Crippen molar-refractivity contribution in [3.63, 3.8) is 0 Å². The molecule has 0 heterocycles. The predicted octanol–water partition coefficient (Wildman–Crippen LogP) is 1.04. The molecule has 0 spiro atoms. The van der Waals surface area contributed by atoms with Crippen LogP contribution in [-0.2, 0) is 32.0 Å². The van der Waals surface area contributed by atoms with Gasteiger partial charge in [-0.05, 0) is 24.1 Å². The van der Waals surface area contributed by atoms with Crippen molar-refractivity contribution in [3.05, 3.63) is 0 Å². The van der Waals surface area contributed by atoms with E-state index >= 15 is 0 Å². The topological polar surface area (TPSA) is 58.6 Å². The van der Waals surface area contributed by atoms with Crippen molar-refractivity contribution < 1.29 is 36.9 Å². The first kappa shape index (κ1) is 14.0. The molecule has 0 aromatic carbocycles. The van der Waals surface area contributed by atoms with Crippen LogP contribution >= 0.6 is 31.9 Å². The Morgan fingerprint density at radius 3 is 1.80 bits per heavy atom. The molecule has 0 amide bonds. The van der Waals surface area contributed by atoms with Crippen LogP contribution in [0.25, 0.3) is 0 Å². The smallest absolute Gasteiger partial charge is 0.755 e. The number of rotatable bonds is 4. The van der Waals surface area contributed by atoms with Crippen molar-refractivity contribution in [2.45, 2.75) is 0 Å². The summed E-state index contributed by atoms with van der Waals surface area (Å²) in [6, 6.07) is 0. The fraction of sp³-hybridized carbons (Fsp3) is 1.00. The van der Waals surface area contributed by atoms with Crippen LogP contribution in [0.2, 0.25) is 0 Å². The minimum atomic E-state index is -4.02. The molecule has 0 radical (unpaired) electrons. The van der Waals surface area contributed by atoms with E-state index in [9.17, 15) is 9.46 Å². The van der Waals surface area contributed by atoms with Crippen molar-refractivity contribution in [2.24, 2.45) is 0 Å². The molecule has 0 aliphatic rings. The van der Waals surface area contributed by atoms with E-state index < -0.39 is 7.82 Å². The van der Waals surface area contributed by atoms with Crippen LogP contribution < -0.4 is 4.89 Å². The van der Waals surface area contributed by atoms with Gasteiger partial charge in [-0.15, -0.1) is 0 Å². The monoisotopic (exact) mass is 253 g/mol. The summed E-state index contributed by atoms with van der Waals surface area (Å²) in [7, 11) is -4.02. The summed E-state index contributed by atoms with van der Waals surface area (Å²) in [5.74, 6) is 0. The molecule has 0 saturated carbocycles. The van der Waals surface area contributed by atoms with Gasteiger partial charge in [0, 0.05) is 12.5 Å². The Morgan fingerprint density at radius 1 is 1.30 bits per heavy atom. The zero-order chi connectivity index (χ0) is 7.33. The zero-order valence-electron chi connectivity index (χ0n) is 5.60. The third kappa shape index (κ3) is 7.54. The van der Waals surface area contributed by atoms with Gasteiger partial charge >= 0.3 is 19.5 Å². The third-order valence-corrected chi connectivity index (χ3v) is 2.98. The average molecular weight is 255 g/mol. The van der Waals surface area contributed by atoms with Gasteiger partial charge in [0.15, 0.2) is 0 Å². The van der Waals surface area contributed by atoms with E-state index in [1.54, 1.807) is 0 Å². The van der Waals surface area contributed by atoms with E-state index in [2.05, 4.69) is 7.94 Å². The number of hydrogen-bond donors (Lipinski definition) is 0. The molecular formula is C2H6O4PS2Zn+. The van der Waals surface area contributed by atoms with E-state index in [-0.39, 0.29) is 19.5 Å². The minimum absolute atomic E-state index is 0. The SMILES string of the molecule is CSOP(=O)([O-])OSC.[Zn+2]. The van der Waals surface area contributed by atoms with Gasteiger partial charge in [0.1, 0.15) is 0 Å². The average Bonchev–Trinajstić information content (AvgIpc) is 1.64. The van der Waals surface area contributed by atoms with Gasteiger partial charge in [0.2, 0.25) is 0 Å². The van der Waals surface area contributed by atoms with E-state index in [0.717, 1.165) is 24.1 Å². The van der Waals surface area contributed by atoms with Crippen LogP contribution in [-0.4, -0.2) is 12.5 Å². The quantitative estimate of drug-likeness (QED) is 0.424. The Hall–Kier alpha value is 1.43. The van der Waals surface area contributed by atoms with Crippen molar-refractivity contribution >= 4 is 31.9 Å². The maximum atomic E-state index is 10.4. The molecule has 0 unspecified atom stereocenters. The summed E-state index contributed by atoms with van der Waals surface area (Å²) in [5.41, 5.74) is 0. The van der Waals surface area contributed by atoms with Crippen molar-refractivity contribution in [2.75, 3.05) is 12.5 Å². The van der Waals surface area contributed by atoms with Gasteiger partial charge in [-0.3, -0.25) is 4.57 Å². The van der Waals surface area contributed by atoms with Gasteiger partial charge in [-0.2, -0.15) is 0 Å². The van der Waals surface area contributed by atoms with Gasteiger partial charge in [0.25, 0.3) is 7.82 Å². The molecule has 0 bridgehead atoms. The van der Waals surface area contributed by atoms with Crippen LogP contribution in [0.15, 0.2) is 0 Å². The number of phosphoric acid groups is 1. The van der Waals surface area contributed by atoms with Gasteiger partial charge in [-0.1, -0.05) is 0 Å². The second-order valence-electron chi connectivity index (χ2n) is 0.930. The molecule has 0 aliphatic carbocycles. The number of hydrogen-bond acceptors (Lipinski definition) is 6. The van der Waals surface area contributed by atoms with Gasteiger partial charge < -0.3 is 4.89 Å². The third-order valence-electron chi connectivity index (χ3n) is 0.332. The minimum Gasteiger partial charge on any atom is -0.755 e. The Labute approximate surface area is 81.2 Å². The second-order valence-corrected chi connectivity index (χ2v) is 3.68. The standard InChI is InChI=1S/C2H7O4PS2.Zn/c1-8-5-7(3,4)6-9-2;/h1-2H3,(H,3,4);/q;+2/p-1. The molecular weight excluding hydrogens is 249 g/mol.